The maximum atomic E-state index is 13.9. The Morgan fingerprint density at radius 3 is 1.85 bits per heavy atom. The van der Waals surface area contributed by atoms with Gasteiger partial charge in [-0.2, -0.15) is 0 Å². The van der Waals surface area contributed by atoms with Gasteiger partial charge >= 0.3 is 0 Å². The van der Waals surface area contributed by atoms with Gasteiger partial charge in [-0.05, 0) is 54.0 Å². The number of hydrogen-bond donors (Lipinski definition) is 3. The molecule has 3 aromatic carbocycles. The Labute approximate surface area is 288 Å². The number of carbonyl (C=O) groups excluding carboxylic acids is 4. The van der Waals surface area contributed by atoms with Crippen molar-refractivity contribution in [3.8, 4) is 5.75 Å². The van der Waals surface area contributed by atoms with Crippen LogP contribution < -0.4 is 20.7 Å². The highest BCUT2D eigenvalue weighted by molar-refractivity contribution is 6.31. The molecular weight excluding hydrogens is 632 g/mol. The van der Waals surface area contributed by atoms with Crippen molar-refractivity contribution in [2.75, 3.05) is 14.2 Å². The summed E-state index contributed by atoms with van der Waals surface area (Å²) in [5.74, 6) is -1.61. The summed E-state index contributed by atoms with van der Waals surface area (Å²) in [6, 6.07) is 20.6. The molecule has 0 fully saturated rings. The number of rotatable bonds is 17. The first kappa shape index (κ1) is 38.0. The molecule has 11 heteroatoms. The van der Waals surface area contributed by atoms with Crippen LogP contribution in [0.15, 0.2) is 78.9 Å². The van der Waals surface area contributed by atoms with Gasteiger partial charge in [0.05, 0.1) is 12.7 Å². The van der Waals surface area contributed by atoms with Crippen LogP contribution in [0, 0.1) is 11.8 Å². The van der Waals surface area contributed by atoms with E-state index < -0.39 is 41.8 Å². The summed E-state index contributed by atoms with van der Waals surface area (Å²) in [5.41, 5.74) is 1.91. The lowest BCUT2D eigenvalue weighted by molar-refractivity contribution is -0.172. The van der Waals surface area contributed by atoms with Gasteiger partial charge in [-0.1, -0.05) is 100.0 Å². The van der Waals surface area contributed by atoms with Crippen LogP contribution in [-0.2, 0) is 32.2 Å². The van der Waals surface area contributed by atoms with Crippen LogP contribution in [-0.4, -0.2) is 61.0 Å². The van der Waals surface area contributed by atoms with Crippen molar-refractivity contribution >= 4 is 35.2 Å². The van der Waals surface area contributed by atoms with Crippen molar-refractivity contribution in [2.45, 2.75) is 71.7 Å². The number of hydroxylamine groups is 2. The fraction of sp³-hybridized carbons (Fsp3) is 0.405. The van der Waals surface area contributed by atoms with E-state index in [1.165, 1.54) is 20.2 Å². The zero-order valence-electron chi connectivity index (χ0n) is 28.5. The second-order valence-electron chi connectivity index (χ2n) is 12.5. The van der Waals surface area contributed by atoms with Crippen LogP contribution in [0.5, 0.6) is 5.75 Å². The predicted molar refractivity (Wildman–Crippen MR) is 186 cm³/mol. The Bertz CT molecular complexity index is 1500. The zero-order valence-corrected chi connectivity index (χ0v) is 29.3. The number of carbonyl (C=O) groups is 4. The minimum atomic E-state index is -1.04. The second kappa shape index (κ2) is 18.8. The van der Waals surface area contributed by atoms with Gasteiger partial charge in [-0.15, -0.1) is 0 Å². The molecule has 0 aliphatic heterocycles. The molecule has 0 saturated heterocycles. The lowest BCUT2D eigenvalue weighted by atomic mass is 9.99. The van der Waals surface area contributed by atoms with Crippen molar-refractivity contribution in [1.82, 2.24) is 21.0 Å². The summed E-state index contributed by atoms with van der Waals surface area (Å²) in [5, 5.41) is 9.95. The van der Waals surface area contributed by atoms with Gasteiger partial charge in [0.1, 0.15) is 30.5 Å². The molecule has 0 radical (unpaired) electrons. The van der Waals surface area contributed by atoms with E-state index >= 15 is 0 Å². The number of nitrogens with one attached hydrogen (secondary N) is 3. The molecule has 3 rings (SSSR count). The first-order chi connectivity index (χ1) is 22.9. The van der Waals surface area contributed by atoms with Crippen molar-refractivity contribution < 1.29 is 28.8 Å². The van der Waals surface area contributed by atoms with E-state index in [0.29, 0.717) is 23.6 Å². The van der Waals surface area contributed by atoms with Crippen molar-refractivity contribution in [3.05, 3.63) is 101 Å². The molecule has 3 N–H and O–H groups in total. The molecule has 48 heavy (non-hydrogen) atoms. The Morgan fingerprint density at radius 1 is 0.729 bits per heavy atom. The number of likely N-dealkylation sites (N-methyl/N-ethyl adjacent to an activating group) is 1. The Hall–Kier alpha value is -4.41. The number of benzene rings is 3. The maximum absolute atomic E-state index is 13.9. The van der Waals surface area contributed by atoms with Crippen LogP contribution >= 0.6 is 11.6 Å². The summed E-state index contributed by atoms with van der Waals surface area (Å²) in [6.45, 7) is 7.99. The quantitative estimate of drug-likeness (QED) is 0.166. The molecule has 0 unspecified atom stereocenters. The van der Waals surface area contributed by atoms with E-state index in [-0.39, 0.29) is 30.4 Å². The van der Waals surface area contributed by atoms with Crippen LogP contribution in [0.25, 0.3) is 0 Å². The molecule has 10 nitrogen and oxygen atoms in total. The van der Waals surface area contributed by atoms with E-state index in [0.717, 1.165) is 16.2 Å². The molecule has 0 aliphatic rings. The summed E-state index contributed by atoms with van der Waals surface area (Å²) in [4.78, 5) is 59.5. The highest BCUT2D eigenvalue weighted by atomic mass is 35.5. The van der Waals surface area contributed by atoms with E-state index in [2.05, 4.69) is 16.0 Å². The van der Waals surface area contributed by atoms with E-state index in [1.54, 1.807) is 12.1 Å². The predicted octanol–water partition coefficient (Wildman–Crippen LogP) is 5.34. The number of nitrogens with zero attached hydrogens (tertiary/aromatic N) is 1. The maximum Gasteiger partial charge on any atom is 0.268 e. The van der Waals surface area contributed by atoms with E-state index in [1.807, 2.05) is 88.4 Å². The van der Waals surface area contributed by atoms with Gasteiger partial charge in [0.2, 0.25) is 11.8 Å². The highest BCUT2D eigenvalue weighted by Crippen LogP contribution is 2.24. The summed E-state index contributed by atoms with van der Waals surface area (Å²) in [7, 11) is 2.85. The minimum absolute atomic E-state index is 0.0215. The average molecular weight is 679 g/mol. The molecule has 258 valence electrons. The van der Waals surface area contributed by atoms with Crippen LogP contribution in [0.1, 0.15) is 62.0 Å². The Morgan fingerprint density at radius 2 is 1.27 bits per heavy atom. The first-order valence-corrected chi connectivity index (χ1v) is 16.5. The van der Waals surface area contributed by atoms with Gasteiger partial charge in [-0.25, -0.2) is 5.06 Å². The van der Waals surface area contributed by atoms with Gasteiger partial charge in [0.15, 0.2) is 0 Å². The lowest BCUT2D eigenvalue weighted by Crippen LogP contribution is -2.57. The molecule has 4 amide bonds. The SMILES string of the molecule is CON(C)C(=O)[C@H](CC(C)C)NC(=O)[C@H](Cc1ccccc1)NC(=O)[C@H](CC(C)C)NC(=O)c1cc(Cl)ccc1OCc1ccccc1. The smallest absolute Gasteiger partial charge is 0.268 e. The molecule has 0 saturated carbocycles. The monoisotopic (exact) mass is 678 g/mol. The topological polar surface area (TPSA) is 126 Å². The number of hydrogen-bond acceptors (Lipinski definition) is 6. The summed E-state index contributed by atoms with van der Waals surface area (Å²) < 4.78 is 5.98. The Kier molecular flexibility index (Phi) is 14.9. The second-order valence-corrected chi connectivity index (χ2v) is 13.0. The third-order valence-corrected chi connectivity index (χ3v) is 7.81. The number of halogens is 1. The van der Waals surface area contributed by atoms with Crippen molar-refractivity contribution in [1.29, 1.82) is 0 Å². The number of amides is 4. The molecule has 0 spiro atoms. The molecule has 0 aliphatic carbocycles. The summed E-state index contributed by atoms with van der Waals surface area (Å²) in [6.07, 6.45) is 0.824. The van der Waals surface area contributed by atoms with Gasteiger partial charge < -0.3 is 20.7 Å². The molecule has 0 heterocycles. The third-order valence-electron chi connectivity index (χ3n) is 7.57. The lowest BCUT2D eigenvalue weighted by Gasteiger charge is -2.28. The number of ether oxygens (including phenoxy) is 1. The van der Waals surface area contributed by atoms with E-state index in [9.17, 15) is 19.2 Å². The third kappa shape index (κ3) is 12.0. The van der Waals surface area contributed by atoms with Crippen molar-refractivity contribution in [3.63, 3.8) is 0 Å². The molecule has 3 aromatic rings. The van der Waals surface area contributed by atoms with Gasteiger partial charge in [0, 0.05) is 18.5 Å². The highest BCUT2D eigenvalue weighted by Gasteiger charge is 2.32. The molecule has 3 atom stereocenters. The average Bonchev–Trinajstić information content (AvgIpc) is 3.06. The largest absolute Gasteiger partial charge is 0.488 e. The standard InChI is InChI=1S/C37H47ClN4O6/c1-24(2)19-30(39-34(43)29-22-28(38)17-18-33(29)48-23-27-15-11-8-12-16-27)35(44)40-31(21-26-13-9-7-10-14-26)36(45)41-32(20-25(3)4)37(46)42(5)47-6/h7-18,22,24-25,30-32H,19-21,23H2,1-6H3,(H,39,43)(H,40,44)(H,41,45)/t30-,31-,32-/m0/s1. The first-order valence-electron chi connectivity index (χ1n) is 16.1. The van der Waals surface area contributed by atoms with Crippen molar-refractivity contribution in [2.24, 2.45) is 11.8 Å². The summed E-state index contributed by atoms with van der Waals surface area (Å²) >= 11 is 6.27. The molecular formula is C37H47ClN4O6. The minimum Gasteiger partial charge on any atom is -0.488 e. The van der Waals surface area contributed by atoms with Crippen LogP contribution in [0.2, 0.25) is 5.02 Å². The normalized spacial score (nSPS) is 12.9. The fourth-order valence-corrected chi connectivity index (χ4v) is 5.26. The zero-order chi connectivity index (χ0) is 35.2. The van der Waals surface area contributed by atoms with Crippen LogP contribution in [0.4, 0.5) is 0 Å². The van der Waals surface area contributed by atoms with Gasteiger partial charge in [0.25, 0.3) is 11.8 Å². The fourth-order valence-electron chi connectivity index (χ4n) is 5.09. The van der Waals surface area contributed by atoms with Crippen LogP contribution in [0.3, 0.4) is 0 Å². The molecule has 0 aromatic heterocycles. The Balaban J connectivity index is 1.85. The van der Waals surface area contributed by atoms with Gasteiger partial charge in [-0.3, -0.25) is 24.0 Å². The molecule has 0 bridgehead atoms. The van der Waals surface area contributed by atoms with E-state index in [4.69, 9.17) is 21.2 Å².